The van der Waals surface area contributed by atoms with Gasteiger partial charge in [-0.1, -0.05) is 12.1 Å². The Morgan fingerprint density at radius 3 is 2.39 bits per heavy atom. The molecule has 9 heteroatoms. The number of anilines is 2. The van der Waals surface area contributed by atoms with Crippen LogP contribution in [-0.4, -0.2) is 58.0 Å². The molecule has 166 valence electrons. The minimum absolute atomic E-state index is 0.0499. The number of ether oxygens (including phenoxy) is 1. The maximum absolute atomic E-state index is 14.1. The first-order valence-corrected chi connectivity index (χ1v) is 11.9. The number of carbonyl (C=O) groups is 1. The predicted molar refractivity (Wildman–Crippen MR) is 116 cm³/mol. The average molecular weight is 448 g/mol. The monoisotopic (exact) mass is 447 g/mol. The minimum atomic E-state index is -3.77. The van der Waals surface area contributed by atoms with Gasteiger partial charge in [-0.05, 0) is 49.6 Å². The smallest absolute Gasteiger partial charge is 0.257 e. The molecule has 2 heterocycles. The molecule has 2 aliphatic rings. The van der Waals surface area contributed by atoms with Gasteiger partial charge in [0, 0.05) is 31.9 Å². The number of hydrogen-bond donors (Lipinski definition) is 1. The summed E-state index contributed by atoms with van der Waals surface area (Å²) >= 11 is 0. The highest BCUT2D eigenvalue weighted by Gasteiger charge is 2.29. The SMILES string of the molecule is O=C(Nc1ccccc1F)c1cc(S(=O)(=O)N2CCOCC2)ccc1N1CCCCC1. The van der Waals surface area contributed by atoms with Crippen molar-refractivity contribution in [1.29, 1.82) is 0 Å². The van der Waals surface area contributed by atoms with Gasteiger partial charge in [0.2, 0.25) is 10.0 Å². The van der Waals surface area contributed by atoms with E-state index in [4.69, 9.17) is 4.74 Å². The molecule has 0 bridgehead atoms. The minimum Gasteiger partial charge on any atom is -0.379 e. The van der Waals surface area contributed by atoms with Crippen LogP contribution >= 0.6 is 0 Å². The lowest BCUT2D eigenvalue weighted by atomic mass is 10.1. The quantitative estimate of drug-likeness (QED) is 0.762. The summed E-state index contributed by atoms with van der Waals surface area (Å²) in [7, 11) is -3.77. The largest absolute Gasteiger partial charge is 0.379 e. The highest BCUT2D eigenvalue weighted by molar-refractivity contribution is 7.89. The van der Waals surface area contributed by atoms with Crippen molar-refractivity contribution in [1.82, 2.24) is 4.31 Å². The predicted octanol–water partition coefficient (Wildman–Crippen LogP) is 3.09. The Balaban J connectivity index is 1.71. The highest BCUT2D eigenvalue weighted by Crippen LogP contribution is 2.29. The van der Waals surface area contributed by atoms with Crippen molar-refractivity contribution >= 4 is 27.3 Å². The van der Waals surface area contributed by atoms with E-state index in [1.54, 1.807) is 24.3 Å². The van der Waals surface area contributed by atoms with E-state index in [9.17, 15) is 17.6 Å². The maximum atomic E-state index is 14.1. The fourth-order valence-electron chi connectivity index (χ4n) is 3.96. The summed E-state index contributed by atoms with van der Waals surface area (Å²) in [4.78, 5) is 15.3. The normalized spacial score (nSPS) is 18.0. The van der Waals surface area contributed by atoms with Gasteiger partial charge in [-0.15, -0.1) is 0 Å². The lowest BCUT2D eigenvalue weighted by molar-refractivity contribution is 0.0730. The van der Waals surface area contributed by atoms with Crippen LogP contribution in [0, 0.1) is 5.82 Å². The molecule has 2 fully saturated rings. The molecule has 0 radical (unpaired) electrons. The van der Waals surface area contributed by atoms with E-state index >= 15 is 0 Å². The summed E-state index contributed by atoms with van der Waals surface area (Å²) in [6, 6.07) is 10.6. The molecule has 0 aromatic heterocycles. The van der Waals surface area contributed by atoms with Crippen LogP contribution in [-0.2, 0) is 14.8 Å². The van der Waals surface area contributed by atoms with E-state index in [1.165, 1.54) is 22.5 Å². The third kappa shape index (κ3) is 4.73. The van der Waals surface area contributed by atoms with Crippen molar-refractivity contribution in [2.45, 2.75) is 24.2 Å². The number of hydrogen-bond acceptors (Lipinski definition) is 5. The van der Waals surface area contributed by atoms with Crippen molar-refractivity contribution in [3.8, 4) is 0 Å². The Bertz CT molecular complexity index is 1050. The Morgan fingerprint density at radius 1 is 0.968 bits per heavy atom. The molecule has 1 amide bonds. The number of benzene rings is 2. The van der Waals surface area contributed by atoms with E-state index in [2.05, 4.69) is 10.2 Å². The van der Waals surface area contributed by atoms with E-state index in [-0.39, 0.29) is 29.2 Å². The van der Waals surface area contributed by atoms with Crippen LogP contribution in [0.1, 0.15) is 29.6 Å². The lowest BCUT2D eigenvalue weighted by Crippen LogP contribution is -2.40. The Labute approximate surface area is 181 Å². The first-order chi connectivity index (χ1) is 15.0. The summed E-state index contributed by atoms with van der Waals surface area (Å²) < 4.78 is 47.0. The van der Waals surface area contributed by atoms with Crippen LogP contribution in [0.15, 0.2) is 47.4 Å². The molecule has 31 heavy (non-hydrogen) atoms. The zero-order valence-corrected chi connectivity index (χ0v) is 18.0. The van der Waals surface area contributed by atoms with Gasteiger partial charge in [0.15, 0.2) is 0 Å². The van der Waals surface area contributed by atoms with Gasteiger partial charge >= 0.3 is 0 Å². The Morgan fingerprint density at radius 2 is 1.68 bits per heavy atom. The zero-order chi connectivity index (χ0) is 21.8. The van der Waals surface area contributed by atoms with Gasteiger partial charge < -0.3 is 15.0 Å². The molecule has 2 aliphatic heterocycles. The third-order valence-corrected chi connectivity index (χ3v) is 7.53. The second-order valence-electron chi connectivity index (χ2n) is 7.68. The number of sulfonamides is 1. The summed E-state index contributed by atoms with van der Waals surface area (Å²) in [6.45, 7) is 2.79. The van der Waals surface area contributed by atoms with Crippen molar-refractivity contribution in [2.75, 3.05) is 49.6 Å². The van der Waals surface area contributed by atoms with Gasteiger partial charge in [-0.3, -0.25) is 4.79 Å². The van der Waals surface area contributed by atoms with Crippen molar-refractivity contribution in [3.63, 3.8) is 0 Å². The second-order valence-corrected chi connectivity index (χ2v) is 9.62. The summed E-state index contributed by atoms with van der Waals surface area (Å²) in [5.41, 5.74) is 0.937. The molecule has 1 N–H and O–H groups in total. The first kappa shape index (κ1) is 21.7. The summed E-state index contributed by atoms with van der Waals surface area (Å²) in [5.74, 6) is -1.09. The summed E-state index contributed by atoms with van der Waals surface area (Å²) in [5, 5.41) is 2.60. The number of amides is 1. The van der Waals surface area contributed by atoms with Gasteiger partial charge in [0.1, 0.15) is 5.82 Å². The van der Waals surface area contributed by atoms with Gasteiger partial charge in [0.25, 0.3) is 5.91 Å². The van der Waals surface area contributed by atoms with E-state index < -0.39 is 21.7 Å². The molecule has 0 unspecified atom stereocenters. The van der Waals surface area contributed by atoms with Crippen LogP contribution in [0.4, 0.5) is 15.8 Å². The van der Waals surface area contributed by atoms with Gasteiger partial charge in [0.05, 0.1) is 29.4 Å². The fourth-order valence-corrected chi connectivity index (χ4v) is 5.39. The van der Waals surface area contributed by atoms with Crippen molar-refractivity contribution < 1.29 is 22.3 Å². The average Bonchev–Trinajstić information content (AvgIpc) is 2.81. The standard InChI is InChI=1S/C22H26FN3O4S/c23-19-6-2-3-7-20(19)24-22(27)18-16-17(31(28,29)26-12-14-30-15-13-26)8-9-21(18)25-10-4-1-5-11-25/h2-3,6-9,16H,1,4-5,10-15H2,(H,24,27). The molecule has 0 atom stereocenters. The molecule has 2 aromatic rings. The van der Waals surface area contributed by atoms with Crippen LogP contribution < -0.4 is 10.2 Å². The highest BCUT2D eigenvalue weighted by atomic mass is 32.2. The van der Waals surface area contributed by atoms with Crippen molar-refractivity contribution in [2.24, 2.45) is 0 Å². The van der Waals surface area contributed by atoms with Crippen LogP contribution in [0.25, 0.3) is 0 Å². The lowest BCUT2D eigenvalue weighted by Gasteiger charge is -2.31. The first-order valence-electron chi connectivity index (χ1n) is 10.5. The van der Waals surface area contributed by atoms with Gasteiger partial charge in [-0.2, -0.15) is 4.31 Å². The molecule has 2 aromatic carbocycles. The number of para-hydroxylation sites is 1. The molecule has 0 saturated carbocycles. The Hall–Kier alpha value is -2.49. The Kier molecular flexibility index (Phi) is 6.54. The van der Waals surface area contributed by atoms with E-state index in [0.29, 0.717) is 18.9 Å². The molecule has 4 rings (SSSR count). The maximum Gasteiger partial charge on any atom is 0.257 e. The molecule has 7 nitrogen and oxygen atoms in total. The number of nitrogens with one attached hydrogen (secondary N) is 1. The third-order valence-electron chi connectivity index (χ3n) is 5.64. The number of rotatable bonds is 5. The second kappa shape index (κ2) is 9.33. The molecular weight excluding hydrogens is 421 g/mol. The number of piperidine rings is 1. The number of carbonyl (C=O) groups excluding carboxylic acids is 1. The number of nitrogens with zero attached hydrogens (tertiary/aromatic N) is 2. The molecular formula is C22H26FN3O4S. The topological polar surface area (TPSA) is 79.0 Å². The van der Waals surface area contributed by atoms with Crippen LogP contribution in [0.2, 0.25) is 0 Å². The molecule has 0 aliphatic carbocycles. The number of halogens is 1. The van der Waals surface area contributed by atoms with E-state index in [1.807, 2.05) is 0 Å². The zero-order valence-electron chi connectivity index (χ0n) is 17.2. The van der Waals surface area contributed by atoms with E-state index in [0.717, 1.165) is 32.4 Å². The van der Waals surface area contributed by atoms with Crippen LogP contribution in [0.3, 0.4) is 0 Å². The van der Waals surface area contributed by atoms with Crippen molar-refractivity contribution in [3.05, 3.63) is 53.8 Å². The summed E-state index contributed by atoms with van der Waals surface area (Å²) in [6.07, 6.45) is 3.13. The van der Waals surface area contributed by atoms with Crippen LogP contribution in [0.5, 0.6) is 0 Å². The fraction of sp³-hybridized carbons (Fsp3) is 0.409. The number of morpholine rings is 1. The van der Waals surface area contributed by atoms with Gasteiger partial charge in [-0.25, -0.2) is 12.8 Å². The molecule has 2 saturated heterocycles. The molecule has 0 spiro atoms.